The van der Waals surface area contributed by atoms with Crippen LogP contribution in [-0.2, 0) is 17.9 Å². The van der Waals surface area contributed by atoms with E-state index in [1.165, 1.54) is 12.3 Å². The van der Waals surface area contributed by atoms with Gasteiger partial charge in [-0.1, -0.05) is 0 Å². The summed E-state index contributed by atoms with van der Waals surface area (Å²) in [4.78, 5) is 22.8. The molecule has 3 aliphatic heterocycles. The molecule has 2 aromatic heterocycles. The number of halogens is 2. The zero-order valence-electron chi connectivity index (χ0n) is 17.8. The number of hydrogen-bond donors (Lipinski definition) is 0. The Morgan fingerprint density at radius 2 is 2.06 bits per heavy atom. The normalized spacial score (nSPS) is 22.4. The van der Waals surface area contributed by atoms with Gasteiger partial charge in [-0.25, -0.2) is 13.6 Å². The van der Waals surface area contributed by atoms with Crippen molar-refractivity contribution in [2.75, 3.05) is 18.1 Å². The minimum absolute atomic E-state index is 0.111. The summed E-state index contributed by atoms with van der Waals surface area (Å²) < 4.78 is 47.5. The third kappa shape index (κ3) is 3.32. The first kappa shape index (κ1) is 20.1. The van der Waals surface area contributed by atoms with E-state index in [-0.39, 0.29) is 35.4 Å². The average Bonchev–Trinajstić information content (AvgIpc) is 3.44. The van der Waals surface area contributed by atoms with Crippen molar-refractivity contribution in [1.29, 1.82) is 0 Å². The molecule has 2 saturated heterocycles. The fourth-order valence-corrected chi connectivity index (χ4v) is 4.91. The minimum atomic E-state index is -0.861. The fraction of sp³-hybridized carbons (Fsp3) is 0.348. The van der Waals surface area contributed by atoms with Crippen molar-refractivity contribution in [2.24, 2.45) is 0 Å². The quantitative estimate of drug-likeness (QED) is 0.587. The van der Waals surface area contributed by atoms with Gasteiger partial charge in [0.25, 0.3) is 0 Å². The molecular formula is C23H20F2N4O4. The highest BCUT2D eigenvalue weighted by molar-refractivity contribution is 5.52. The molecule has 0 unspecified atom stereocenters. The Morgan fingerprint density at radius 3 is 2.82 bits per heavy atom. The van der Waals surface area contributed by atoms with Gasteiger partial charge in [-0.2, -0.15) is 4.98 Å². The largest absolute Gasteiger partial charge is 0.473 e. The Labute approximate surface area is 187 Å². The van der Waals surface area contributed by atoms with E-state index in [0.29, 0.717) is 18.8 Å². The highest BCUT2D eigenvalue weighted by Gasteiger charge is 2.56. The van der Waals surface area contributed by atoms with Crippen molar-refractivity contribution < 1.29 is 23.0 Å². The SMILES string of the molecule is Cc1cc(Oc2c(F)cc(COc3cc4n(c(=O)n3)C[C@]35CO[C@H](CN43)C5)cc2F)ccn1. The Bertz CT molecular complexity index is 1310. The van der Waals surface area contributed by atoms with Crippen LogP contribution in [0.4, 0.5) is 14.6 Å². The second kappa shape index (κ2) is 7.24. The van der Waals surface area contributed by atoms with Crippen LogP contribution in [0.15, 0.2) is 41.3 Å². The van der Waals surface area contributed by atoms with E-state index < -0.39 is 23.1 Å². The van der Waals surface area contributed by atoms with Gasteiger partial charge in [-0.05, 0) is 30.7 Å². The molecule has 0 saturated carbocycles. The molecule has 0 amide bonds. The number of aromatic nitrogens is 3. The molecule has 3 aromatic rings. The molecule has 33 heavy (non-hydrogen) atoms. The molecule has 0 radical (unpaired) electrons. The summed E-state index contributed by atoms with van der Waals surface area (Å²) in [6, 6.07) is 7.07. The lowest BCUT2D eigenvalue weighted by molar-refractivity contribution is 0.0856. The number of morpholine rings is 1. The average molecular weight is 454 g/mol. The van der Waals surface area contributed by atoms with Crippen molar-refractivity contribution in [3.05, 3.63) is 69.9 Å². The first-order valence-corrected chi connectivity index (χ1v) is 10.6. The Kier molecular flexibility index (Phi) is 4.41. The van der Waals surface area contributed by atoms with Gasteiger partial charge in [0.15, 0.2) is 17.4 Å². The van der Waals surface area contributed by atoms with Crippen LogP contribution in [0.1, 0.15) is 17.7 Å². The van der Waals surface area contributed by atoms with Crippen LogP contribution in [0, 0.1) is 18.6 Å². The summed E-state index contributed by atoms with van der Waals surface area (Å²) in [7, 11) is 0. The lowest BCUT2D eigenvalue weighted by Gasteiger charge is -2.32. The second-order valence-corrected chi connectivity index (χ2v) is 8.71. The number of pyridine rings is 1. The molecule has 1 aromatic carbocycles. The molecule has 10 heteroatoms. The maximum Gasteiger partial charge on any atom is 0.352 e. The molecular weight excluding hydrogens is 434 g/mol. The Balaban J connectivity index is 1.20. The fourth-order valence-electron chi connectivity index (χ4n) is 4.91. The molecule has 6 rings (SSSR count). The summed E-state index contributed by atoms with van der Waals surface area (Å²) in [5.74, 6) is -1.09. The maximum atomic E-state index is 14.6. The summed E-state index contributed by atoms with van der Waals surface area (Å²) in [6.07, 6.45) is 2.56. The van der Waals surface area contributed by atoms with E-state index in [2.05, 4.69) is 14.9 Å². The van der Waals surface area contributed by atoms with Gasteiger partial charge in [-0.15, -0.1) is 0 Å². The smallest absolute Gasteiger partial charge is 0.352 e. The molecule has 2 atom stereocenters. The van der Waals surface area contributed by atoms with E-state index in [1.807, 2.05) is 0 Å². The van der Waals surface area contributed by atoms with E-state index in [4.69, 9.17) is 14.2 Å². The molecule has 5 heterocycles. The van der Waals surface area contributed by atoms with Crippen molar-refractivity contribution in [1.82, 2.24) is 14.5 Å². The molecule has 0 N–H and O–H groups in total. The standard InChI is InChI=1S/C23H20F2N4O4/c1-13-4-15(2-3-26-13)33-21-17(24)5-14(6-18(21)25)10-31-19-7-20-28(22(30)27-19)11-23-8-16(32-12-23)9-29(20)23/h2-7,16H,8-12H2,1H3/t16-,23+/m0/s1. The molecule has 8 nitrogen and oxygen atoms in total. The van der Waals surface area contributed by atoms with Gasteiger partial charge >= 0.3 is 5.69 Å². The first-order valence-electron chi connectivity index (χ1n) is 10.6. The van der Waals surface area contributed by atoms with E-state index in [1.54, 1.807) is 23.6 Å². The molecule has 170 valence electrons. The highest BCUT2D eigenvalue weighted by Crippen LogP contribution is 2.46. The Hall–Kier alpha value is -3.53. The van der Waals surface area contributed by atoms with E-state index in [0.717, 1.165) is 30.9 Å². The van der Waals surface area contributed by atoms with Gasteiger partial charge in [0.2, 0.25) is 5.88 Å². The topological polar surface area (TPSA) is 78.7 Å². The monoisotopic (exact) mass is 454 g/mol. The van der Waals surface area contributed by atoms with Crippen LogP contribution in [0.5, 0.6) is 17.4 Å². The second-order valence-electron chi connectivity index (χ2n) is 8.71. The third-order valence-corrected chi connectivity index (χ3v) is 6.38. The number of anilines is 1. The number of fused-ring (bicyclic) bond motifs is 3. The van der Waals surface area contributed by atoms with Gasteiger partial charge in [-0.3, -0.25) is 9.55 Å². The Morgan fingerprint density at radius 1 is 1.24 bits per heavy atom. The zero-order valence-corrected chi connectivity index (χ0v) is 17.8. The first-order chi connectivity index (χ1) is 15.9. The summed E-state index contributed by atoms with van der Waals surface area (Å²) in [5, 5.41) is 0. The predicted octanol–water partition coefficient (Wildman–Crippen LogP) is 2.96. The highest BCUT2D eigenvalue weighted by atomic mass is 19.1. The number of nitrogens with zero attached hydrogens (tertiary/aromatic N) is 4. The van der Waals surface area contributed by atoms with Gasteiger partial charge in [0.05, 0.1) is 24.8 Å². The number of rotatable bonds is 5. The van der Waals surface area contributed by atoms with Crippen molar-refractivity contribution >= 4 is 5.82 Å². The van der Waals surface area contributed by atoms with Gasteiger partial charge in [0.1, 0.15) is 18.2 Å². The van der Waals surface area contributed by atoms with Crippen LogP contribution in [0.25, 0.3) is 0 Å². The summed E-state index contributed by atoms with van der Waals surface area (Å²) in [5.41, 5.74) is 0.308. The van der Waals surface area contributed by atoms with Gasteiger partial charge in [0, 0.05) is 37.0 Å². The third-order valence-electron chi connectivity index (χ3n) is 6.38. The maximum absolute atomic E-state index is 14.6. The molecule has 2 bridgehead atoms. The zero-order chi connectivity index (χ0) is 22.7. The van der Waals surface area contributed by atoms with Crippen LogP contribution < -0.4 is 20.1 Å². The molecule has 2 fully saturated rings. The lowest BCUT2D eigenvalue weighted by atomic mass is 10.0. The minimum Gasteiger partial charge on any atom is -0.473 e. The molecule has 0 aliphatic carbocycles. The molecule has 3 aliphatic rings. The van der Waals surface area contributed by atoms with Crippen molar-refractivity contribution in [3.63, 3.8) is 0 Å². The lowest BCUT2D eigenvalue weighted by Crippen LogP contribution is -2.46. The predicted molar refractivity (Wildman–Crippen MR) is 113 cm³/mol. The number of hydrogen-bond acceptors (Lipinski definition) is 7. The van der Waals surface area contributed by atoms with Crippen LogP contribution in [-0.4, -0.2) is 39.3 Å². The molecule has 1 spiro atoms. The number of ether oxygens (including phenoxy) is 3. The van der Waals surface area contributed by atoms with Crippen molar-refractivity contribution in [2.45, 2.75) is 38.1 Å². The van der Waals surface area contributed by atoms with E-state index in [9.17, 15) is 13.6 Å². The number of aryl methyl sites for hydroxylation is 1. The summed E-state index contributed by atoms with van der Waals surface area (Å²) in [6.45, 7) is 3.44. The van der Waals surface area contributed by atoms with Crippen molar-refractivity contribution in [3.8, 4) is 17.4 Å². The van der Waals surface area contributed by atoms with Crippen LogP contribution in [0.2, 0.25) is 0 Å². The van der Waals surface area contributed by atoms with E-state index >= 15 is 0 Å². The summed E-state index contributed by atoms with van der Waals surface area (Å²) >= 11 is 0. The van der Waals surface area contributed by atoms with Crippen LogP contribution >= 0.6 is 0 Å². The van der Waals surface area contributed by atoms with Crippen LogP contribution in [0.3, 0.4) is 0 Å². The number of benzene rings is 1. The van der Waals surface area contributed by atoms with Gasteiger partial charge < -0.3 is 19.1 Å².